The number of fused-ring (bicyclic) bond motifs is 1. The number of rotatable bonds is 6. The summed E-state index contributed by atoms with van der Waals surface area (Å²) in [6.07, 6.45) is 3.42. The van der Waals surface area contributed by atoms with Crippen molar-refractivity contribution in [2.24, 2.45) is 0 Å². The van der Waals surface area contributed by atoms with Crippen molar-refractivity contribution in [2.45, 2.75) is 6.54 Å². The number of benzene rings is 2. The van der Waals surface area contributed by atoms with E-state index in [0.717, 1.165) is 10.3 Å². The van der Waals surface area contributed by atoms with Gasteiger partial charge in [0.2, 0.25) is 0 Å². The van der Waals surface area contributed by atoms with Crippen LogP contribution in [0.4, 0.5) is 5.13 Å². The molecule has 0 atom stereocenters. The largest absolute Gasteiger partial charge is 0.496 e. The molecule has 4 aromatic rings. The highest BCUT2D eigenvalue weighted by Gasteiger charge is 2.25. The molecule has 0 saturated heterocycles. The number of para-hydroxylation sites is 1. The zero-order chi connectivity index (χ0) is 21.1. The van der Waals surface area contributed by atoms with Crippen LogP contribution in [0.1, 0.15) is 15.9 Å². The fourth-order valence-corrected chi connectivity index (χ4v) is 4.34. The van der Waals surface area contributed by atoms with E-state index in [4.69, 9.17) is 26.1 Å². The van der Waals surface area contributed by atoms with Crippen molar-refractivity contribution in [3.05, 3.63) is 77.1 Å². The smallest absolute Gasteiger partial charge is 0.264 e. The minimum Gasteiger partial charge on any atom is -0.496 e. The Bertz CT molecular complexity index is 1200. The van der Waals surface area contributed by atoms with Crippen molar-refractivity contribution in [3.63, 3.8) is 0 Å². The third-order valence-corrected chi connectivity index (χ3v) is 6.08. The molecular weight excluding hydrogens is 422 g/mol. The number of hydrogen-bond acceptors (Lipinski definition) is 6. The van der Waals surface area contributed by atoms with E-state index in [1.807, 2.05) is 18.2 Å². The van der Waals surface area contributed by atoms with E-state index < -0.39 is 0 Å². The van der Waals surface area contributed by atoms with Crippen LogP contribution < -0.4 is 14.4 Å². The van der Waals surface area contributed by atoms with Gasteiger partial charge in [-0.25, -0.2) is 4.98 Å². The molecule has 0 aliphatic heterocycles. The van der Waals surface area contributed by atoms with Crippen LogP contribution in [0.25, 0.3) is 10.2 Å². The molecule has 0 unspecified atom stereocenters. The number of anilines is 1. The highest BCUT2D eigenvalue weighted by Crippen LogP contribution is 2.39. The van der Waals surface area contributed by atoms with E-state index in [9.17, 15) is 4.79 Å². The molecule has 0 radical (unpaired) electrons. The Hall–Kier alpha value is -3.16. The van der Waals surface area contributed by atoms with Crippen LogP contribution in [0.15, 0.2) is 60.9 Å². The third kappa shape index (κ3) is 3.81. The number of nitrogens with zero attached hydrogens (tertiary/aromatic N) is 3. The molecule has 2 aromatic carbocycles. The van der Waals surface area contributed by atoms with Gasteiger partial charge in [0.15, 0.2) is 5.13 Å². The maximum Gasteiger partial charge on any atom is 0.264 e. The lowest BCUT2D eigenvalue weighted by Crippen LogP contribution is -2.30. The van der Waals surface area contributed by atoms with Crippen LogP contribution in [0.3, 0.4) is 0 Å². The number of pyridine rings is 1. The van der Waals surface area contributed by atoms with Gasteiger partial charge in [0, 0.05) is 12.4 Å². The maximum absolute atomic E-state index is 13.6. The summed E-state index contributed by atoms with van der Waals surface area (Å²) < 4.78 is 11.6. The van der Waals surface area contributed by atoms with Gasteiger partial charge in [-0.2, -0.15) is 0 Å². The van der Waals surface area contributed by atoms with Gasteiger partial charge < -0.3 is 9.47 Å². The number of amides is 1. The number of carbonyl (C=O) groups is 1. The number of ether oxygens (including phenoxy) is 2. The summed E-state index contributed by atoms with van der Waals surface area (Å²) in [5.41, 5.74) is 1.94. The summed E-state index contributed by atoms with van der Waals surface area (Å²) >= 11 is 7.73. The Morgan fingerprint density at radius 3 is 2.60 bits per heavy atom. The SMILES string of the molecule is COc1ccccc1C(=O)N(Cc1cccnc1)c1nc2c(OC)ccc(Cl)c2s1. The van der Waals surface area contributed by atoms with Gasteiger partial charge in [-0.15, -0.1) is 0 Å². The summed E-state index contributed by atoms with van der Waals surface area (Å²) in [4.78, 5) is 24.0. The predicted octanol–water partition coefficient (Wildman–Crippen LogP) is 5.21. The zero-order valence-corrected chi connectivity index (χ0v) is 17.9. The first-order chi connectivity index (χ1) is 14.6. The second kappa shape index (κ2) is 8.69. The average molecular weight is 440 g/mol. The number of halogens is 1. The molecule has 2 aromatic heterocycles. The highest BCUT2D eigenvalue weighted by molar-refractivity contribution is 7.23. The molecule has 0 aliphatic rings. The van der Waals surface area contributed by atoms with Crippen LogP contribution in [-0.2, 0) is 6.54 Å². The van der Waals surface area contributed by atoms with Gasteiger partial charge in [0.05, 0.1) is 36.1 Å². The molecule has 0 fully saturated rings. The van der Waals surface area contributed by atoms with Crippen molar-refractivity contribution in [3.8, 4) is 11.5 Å². The summed E-state index contributed by atoms with van der Waals surface area (Å²) in [5.74, 6) is 0.865. The third-order valence-electron chi connectivity index (χ3n) is 4.54. The lowest BCUT2D eigenvalue weighted by molar-refractivity contribution is 0.0982. The summed E-state index contributed by atoms with van der Waals surface area (Å²) in [6, 6.07) is 14.4. The Labute approximate surface area is 182 Å². The molecule has 2 heterocycles. The lowest BCUT2D eigenvalue weighted by atomic mass is 10.1. The number of thiazole rings is 1. The maximum atomic E-state index is 13.6. The van der Waals surface area contributed by atoms with Gasteiger partial charge in [-0.05, 0) is 35.9 Å². The van der Waals surface area contributed by atoms with E-state index >= 15 is 0 Å². The molecule has 0 bridgehead atoms. The van der Waals surface area contributed by atoms with Gasteiger partial charge in [-0.1, -0.05) is 41.1 Å². The van der Waals surface area contributed by atoms with Gasteiger partial charge in [0.1, 0.15) is 17.0 Å². The van der Waals surface area contributed by atoms with Crippen LogP contribution in [-0.4, -0.2) is 30.1 Å². The number of methoxy groups -OCH3 is 2. The Kier molecular flexibility index (Phi) is 5.83. The van der Waals surface area contributed by atoms with Gasteiger partial charge in [0.25, 0.3) is 5.91 Å². The van der Waals surface area contributed by atoms with Crippen molar-refractivity contribution in [1.29, 1.82) is 0 Å². The minimum absolute atomic E-state index is 0.231. The normalized spacial score (nSPS) is 10.8. The lowest BCUT2D eigenvalue weighted by Gasteiger charge is -2.21. The van der Waals surface area contributed by atoms with E-state index in [1.165, 1.54) is 11.3 Å². The fraction of sp³-hybridized carbons (Fsp3) is 0.136. The van der Waals surface area contributed by atoms with E-state index in [1.54, 1.807) is 61.8 Å². The standard InChI is InChI=1S/C22H18ClN3O3S/c1-28-17-8-4-3-7-15(17)21(27)26(13-14-6-5-11-24-12-14)22-25-19-18(29-2)10-9-16(23)20(19)30-22/h3-12H,13H2,1-2H3. The van der Waals surface area contributed by atoms with Crippen LogP contribution >= 0.6 is 22.9 Å². The quantitative estimate of drug-likeness (QED) is 0.412. The van der Waals surface area contributed by atoms with E-state index in [-0.39, 0.29) is 5.91 Å². The van der Waals surface area contributed by atoms with Gasteiger partial charge >= 0.3 is 0 Å². The molecule has 8 heteroatoms. The molecule has 6 nitrogen and oxygen atoms in total. The molecule has 30 heavy (non-hydrogen) atoms. The van der Waals surface area contributed by atoms with Crippen molar-refractivity contribution in [2.75, 3.05) is 19.1 Å². The topological polar surface area (TPSA) is 64.5 Å². The molecule has 152 valence electrons. The first kappa shape index (κ1) is 20.1. The van der Waals surface area contributed by atoms with Crippen molar-refractivity contribution in [1.82, 2.24) is 9.97 Å². The van der Waals surface area contributed by atoms with Gasteiger partial charge in [-0.3, -0.25) is 14.7 Å². The van der Waals surface area contributed by atoms with E-state index in [2.05, 4.69) is 4.98 Å². The van der Waals surface area contributed by atoms with Crippen LogP contribution in [0.2, 0.25) is 5.02 Å². The van der Waals surface area contributed by atoms with Crippen LogP contribution in [0.5, 0.6) is 11.5 Å². The molecule has 4 rings (SSSR count). The molecule has 0 saturated carbocycles. The molecule has 0 spiro atoms. The number of aromatic nitrogens is 2. The highest BCUT2D eigenvalue weighted by atomic mass is 35.5. The number of carbonyl (C=O) groups excluding carboxylic acids is 1. The average Bonchev–Trinajstić information content (AvgIpc) is 3.24. The predicted molar refractivity (Wildman–Crippen MR) is 119 cm³/mol. The van der Waals surface area contributed by atoms with Crippen LogP contribution in [0, 0.1) is 0 Å². The summed E-state index contributed by atoms with van der Waals surface area (Å²) in [7, 11) is 3.12. The first-order valence-electron chi connectivity index (χ1n) is 9.09. The molecule has 0 N–H and O–H groups in total. The first-order valence-corrected chi connectivity index (χ1v) is 10.3. The second-order valence-corrected chi connectivity index (χ2v) is 7.76. The zero-order valence-electron chi connectivity index (χ0n) is 16.3. The minimum atomic E-state index is -0.231. The van der Waals surface area contributed by atoms with Crippen molar-refractivity contribution >= 4 is 44.2 Å². The van der Waals surface area contributed by atoms with Crippen molar-refractivity contribution < 1.29 is 14.3 Å². The Balaban J connectivity index is 1.84. The number of hydrogen-bond donors (Lipinski definition) is 0. The summed E-state index contributed by atoms with van der Waals surface area (Å²) in [5, 5.41) is 1.07. The Morgan fingerprint density at radius 1 is 1.07 bits per heavy atom. The monoisotopic (exact) mass is 439 g/mol. The molecular formula is C22H18ClN3O3S. The summed E-state index contributed by atoms with van der Waals surface area (Å²) in [6.45, 7) is 0.296. The van der Waals surface area contributed by atoms with E-state index in [0.29, 0.717) is 39.3 Å². The molecule has 1 amide bonds. The Morgan fingerprint density at radius 2 is 1.87 bits per heavy atom. The molecule has 0 aliphatic carbocycles. The fourth-order valence-electron chi connectivity index (χ4n) is 3.09. The second-order valence-electron chi connectivity index (χ2n) is 6.38.